The van der Waals surface area contributed by atoms with E-state index in [-0.39, 0.29) is 0 Å². The molecule has 0 aromatic rings. The van der Waals surface area contributed by atoms with Crippen molar-refractivity contribution >= 4 is 0 Å². The molecule has 2 saturated carbocycles. The highest BCUT2D eigenvalue weighted by Crippen LogP contribution is 2.42. The van der Waals surface area contributed by atoms with Crippen LogP contribution in [0.3, 0.4) is 0 Å². The first kappa shape index (κ1) is 14.9. The van der Waals surface area contributed by atoms with Crippen LogP contribution in [0.15, 0.2) is 0 Å². The summed E-state index contributed by atoms with van der Waals surface area (Å²) in [5.41, 5.74) is 0. The molecule has 0 bridgehead atoms. The first-order valence-electron chi connectivity index (χ1n) is 8.70. The van der Waals surface area contributed by atoms with Crippen molar-refractivity contribution in [1.29, 1.82) is 5.26 Å². The summed E-state index contributed by atoms with van der Waals surface area (Å²) in [5, 5.41) is 8.67. The lowest BCUT2D eigenvalue weighted by Gasteiger charge is -2.37. The van der Waals surface area contributed by atoms with Gasteiger partial charge in [-0.25, -0.2) is 0 Å². The maximum atomic E-state index is 8.67. The number of nitrogens with zero attached hydrogens (tertiary/aromatic N) is 1. The van der Waals surface area contributed by atoms with E-state index >= 15 is 0 Å². The molecule has 2 aliphatic carbocycles. The highest BCUT2D eigenvalue weighted by atomic mass is 14.4. The van der Waals surface area contributed by atoms with Crippen LogP contribution in [-0.2, 0) is 0 Å². The fourth-order valence-electron chi connectivity index (χ4n) is 4.57. The Morgan fingerprint density at radius 1 is 0.789 bits per heavy atom. The van der Waals surface area contributed by atoms with Crippen molar-refractivity contribution in [2.45, 2.75) is 84.0 Å². The molecule has 0 unspecified atom stereocenters. The van der Waals surface area contributed by atoms with E-state index in [0.717, 1.165) is 36.5 Å². The molecular formula is C18H31N. The first-order chi connectivity index (χ1) is 9.33. The average molecular weight is 261 g/mol. The van der Waals surface area contributed by atoms with Gasteiger partial charge in [0.15, 0.2) is 0 Å². The third-order valence-electron chi connectivity index (χ3n) is 5.81. The Labute approximate surface area is 119 Å². The van der Waals surface area contributed by atoms with E-state index in [0.29, 0.717) is 0 Å². The van der Waals surface area contributed by atoms with E-state index in [1.54, 1.807) is 0 Å². The van der Waals surface area contributed by atoms with E-state index < -0.39 is 0 Å². The zero-order valence-electron chi connectivity index (χ0n) is 12.7. The fourth-order valence-corrected chi connectivity index (χ4v) is 4.57. The predicted octanol–water partition coefficient (Wildman–Crippen LogP) is 5.70. The Morgan fingerprint density at radius 2 is 1.26 bits per heavy atom. The van der Waals surface area contributed by atoms with Crippen molar-refractivity contribution in [3.05, 3.63) is 0 Å². The summed E-state index contributed by atoms with van der Waals surface area (Å²) in [6.45, 7) is 2.33. The van der Waals surface area contributed by atoms with E-state index in [2.05, 4.69) is 13.0 Å². The maximum Gasteiger partial charge on any atom is 0.0621 e. The monoisotopic (exact) mass is 261 g/mol. The average Bonchev–Trinajstić information content (AvgIpc) is 2.47. The molecule has 0 aliphatic heterocycles. The van der Waals surface area contributed by atoms with Crippen LogP contribution in [0.5, 0.6) is 0 Å². The molecule has 108 valence electrons. The molecule has 0 aromatic carbocycles. The molecule has 1 heteroatoms. The van der Waals surface area contributed by atoms with Gasteiger partial charge in [0.25, 0.3) is 0 Å². The molecule has 1 nitrogen and oxygen atoms in total. The van der Waals surface area contributed by atoms with Crippen molar-refractivity contribution in [2.24, 2.45) is 23.7 Å². The van der Waals surface area contributed by atoms with Gasteiger partial charge < -0.3 is 0 Å². The van der Waals surface area contributed by atoms with Gasteiger partial charge in [0.2, 0.25) is 0 Å². The van der Waals surface area contributed by atoms with Crippen molar-refractivity contribution in [3.63, 3.8) is 0 Å². The first-order valence-corrected chi connectivity index (χ1v) is 8.70. The van der Waals surface area contributed by atoms with Crippen LogP contribution in [-0.4, -0.2) is 0 Å². The quantitative estimate of drug-likeness (QED) is 0.622. The van der Waals surface area contributed by atoms with Gasteiger partial charge in [-0.1, -0.05) is 45.4 Å². The molecule has 2 aliphatic rings. The summed E-state index contributed by atoms with van der Waals surface area (Å²) in [4.78, 5) is 0. The summed E-state index contributed by atoms with van der Waals surface area (Å²) in [6, 6.07) is 2.31. The number of hydrogen-bond acceptors (Lipinski definition) is 1. The molecule has 0 amide bonds. The van der Waals surface area contributed by atoms with Crippen LogP contribution >= 0.6 is 0 Å². The van der Waals surface area contributed by atoms with Crippen molar-refractivity contribution < 1.29 is 0 Å². The maximum absolute atomic E-state index is 8.67. The second-order valence-corrected chi connectivity index (χ2v) is 7.05. The van der Waals surface area contributed by atoms with Crippen LogP contribution in [0.2, 0.25) is 0 Å². The zero-order chi connectivity index (χ0) is 13.5. The Balaban J connectivity index is 1.67. The molecular weight excluding hydrogens is 230 g/mol. The van der Waals surface area contributed by atoms with E-state index in [9.17, 15) is 0 Å². The van der Waals surface area contributed by atoms with Crippen LogP contribution < -0.4 is 0 Å². The highest BCUT2D eigenvalue weighted by Gasteiger charge is 2.30. The van der Waals surface area contributed by atoms with Gasteiger partial charge in [0.1, 0.15) is 0 Å². The topological polar surface area (TPSA) is 23.8 Å². The molecule has 19 heavy (non-hydrogen) atoms. The largest absolute Gasteiger partial charge is 0.198 e. The Bertz CT molecular complexity index is 275. The summed E-state index contributed by atoms with van der Waals surface area (Å²) in [5.74, 6) is 3.99. The van der Waals surface area contributed by atoms with Crippen molar-refractivity contribution in [3.8, 4) is 6.07 Å². The minimum Gasteiger partial charge on any atom is -0.198 e. The summed E-state index contributed by atoms with van der Waals surface area (Å²) in [7, 11) is 0. The molecule has 0 saturated heterocycles. The molecule has 2 fully saturated rings. The fraction of sp³-hybridized carbons (Fsp3) is 0.944. The van der Waals surface area contributed by atoms with Gasteiger partial charge in [-0.2, -0.15) is 5.26 Å². The summed E-state index contributed by atoms with van der Waals surface area (Å²) >= 11 is 0. The van der Waals surface area contributed by atoms with Gasteiger partial charge >= 0.3 is 0 Å². The lowest BCUT2D eigenvalue weighted by molar-refractivity contribution is 0.141. The number of nitriles is 1. The predicted molar refractivity (Wildman–Crippen MR) is 80.7 cm³/mol. The SMILES string of the molecule is CCCC1CCC(C2CCC(CCC#N)CC2)CC1. The lowest BCUT2D eigenvalue weighted by atomic mass is 9.68. The molecule has 0 aromatic heterocycles. The zero-order valence-corrected chi connectivity index (χ0v) is 12.7. The lowest BCUT2D eigenvalue weighted by Crippen LogP contribution is -2.25. The Kier molecular flexibility index (Phi) is 6.21. The van der Waals surface area contributed by atoms with Gasteiger partial charge in [-0.15, -0.1) is 0 Å². The van der Waals surface area contributed by atoms with Crippen LogP contribution in [0.4, 0.5) is 0 Å². The molecule has 0 atom stereocenters. The number of rotatable bonds is 5. The third-order valence-corrected chi connectivity index (χ3v) is 5.81. The highest BCUT2D eigenvalue weighted by molar-refractivity contribution is 4.83. The Morgan fingerprint density at radius 3 is 1.68 bits per heavy atom. The molecule has 0 heterocycles. The van der Waals surface area contributed by atoms with Gasteiger partial charge in [0.05, 0.1) is 6.07 Å². The van der Waals surface area contributed by atoms with Crippen LogP contribution in [0, 0.1) is 35.0 Å². The smallest absolute Gasteiger partial charge is 0.0621 e. The minimum absolute atomic E-state index is 0.775. The number of hydrogen-bond donors (Lipinski definition) is 0. The molecule has 0 spiro atoms. The van der Waals surface area contributed by atoms with Gasteiger partial charge in [-0.3, -0.25) is 0 Å². The summed E-state index contributed by atoms with van der Waals surface area (Å²) < 4.78 is 0. The molecule has 2 rings (SSSR count). The van der Waals surface area contributed by atoms with E-state index in [4.69, 9.17) is 5.26 Å². The second kappa shape index (κ2) is 7.93. The minimum atomic E-state index is 0.775. The second-order valence-electron chi connectivity index (χ2n) is 7.05. The summed E-state index contributed by atoms with van der Waals surface area (Å²) in [6.07, 6.45) is 16.5. The molecule has 0 N–H and O–H groups in total. The normalized spacial score (nSPS) is 35.8. The van der Waals surface area contributed by atoms with Gasteiger partial charge in [-0.05, 0) is 55.8 Å². The van der Waals surface area contributed by atoms with Crippen LogP contribution in [0.1, 0.15) is 84.0 Å². The van der Waals surface area contributed by atoms with Crippen molar-refractivity contribution in [2.75, 3.05) is 0 Å². The molecule has 0 radical (unpaired) electrons. The van der Waals surface area contributed by atoms with E-state index in [1.165, 1.54) is 64.2 Å². The van der Waals surface area contributed by atoms with Crippen molar-refractivity contribution in [1.82, 2.24) is 0 Å². The van der Waals surface area contributed by atoms with Gasteiger partial charge in [0, 0.05) is 6.42 Å². The van der Waals surface area contributed by atoms with Crippen LogP contribution in [0.25, 0.3) is 0 Å². The van der Waals surface area contributed by atoms with E-state index in [1.807, 2.05) is 0 Å². The standard InChI is InChI=1S/C18H31N/c1-2-4-15-6-10-17(11-7-15)18-12-8-16(9-13-18)5-3-14-19/h15-18H,2-13H2,1H3. The Hall–Kier alpha value is -0.510. The third kappa shape index (κ3) is 4.51.